The first kappa shape index (κ1) is 16.9. The largest absolute Gasteiger partial charge is 0.312 e. The van der Waals surface area contributed by atoms with Crippen LogP contribution in [0.25, 0.3) is 0 Å². The molecule has 0 aliphatic carbocycles. The van der Waals surface area contributed by atoms with Crippen molar-refractivity contribution in [3.63, 3.8) is 0 Å². The minimum absolute atomic E-state index is 0. The molecule has 1 aromatic carbocycles. The van der Waals surface area contributed by atoms with Crippen LogP contribution in [0.4, 0.5) is 0 Å². The van der Waals surface area contributed by atoms with Crippen molar-refractivity contribution in [2.24, 2.45) is 0 Å². The number of hydrogen-bond acceptors (Lipinski definition) is 3. The highest BCUT2D eigenvalue weighted by Crippen LogP contribution is 2.23. The van der Waals surface area contributed by atoms with Crippen molar-refractivity contribution < 1.29 is 8.42 Å². The molecule has 1 N–H and O–H groups in total. The van der Waals surface area contributed by atoms with Crippen molar-refractivity contribution in [2.75, 3.05) is 19.6 Å². The highest BCUT2D eigenvalue weighted by atomic mass is 79.9. The van der Waals surface area contributed by atoms with Gasteiger partial charge in [-0.2, -0.15) is 4.31 Å². The lowest BCUT2D eigenvalue weighted by Gasteiger charge is -2.31. The van der Waals surface area contributed by atoms with Gasteiger partial charge in [-0.15, -0.1) is 12.4 Å². The fourth-order valence-corrected chi connectivity index (χ4v) is 4.37. The molecule has 1 unspecified atom stereocenters. The van der Waals surface area contributed by atoms with Gasteiger partial charge in [-0.3, -0.25) is 0 Å². The van der Waals surface area contributed by atoms with E-state index in [1.807, 2.05) is 19.9 Å². The van der Waals surface area contributed by atoms with Gasteiger partial charge in [-0.1, -0.05) is 15.9 Å². The number of nitrogens with one attached hydrogen (secondary N) is 1. The second-order valence-corrected chi connectivity index (χ2v) is 7.45. The molecule has 7 heteroatoms. The van der Waals surface area contributed by atoms with Crippen LogP contribution >= 0.6 is 28.3 Å². The van der Waals surface area contributed by atoms with Crippen LogP contribution in [0.2, 0.25) is 0 Å². The Morgan fingerprint density at radius 2 is 2.11 bits per heavy atom. The Balaban J connectivity index is 0.00000180. The maximum absolute atomic E-state index is 12.5. The van der Waals surface area contributed by atoms with Gasteiger partial charge in [-0.05, 0) is 37.6 Å². The summed E-state index contributed by atoms with van der Waals surface area (Å²) in [6.07, 6.45) is 0. The third-order valence-corrected chi connectivity index (χ3v) is 5.60. The first-order chi connectivity index (χ1) is 8.41. The van der Waals surface area contributed by atoms with Gasteiger partial charge in [0.2, 0.25) is 10.0 Å². The molecule has 0 radical (unpaired) electrons. The quantitative estimate of drug-likeness (QED) is 0.869. The number of piperazine rings is 1. The van der Waals surface area contributed by atoms with E-state index in [9.17, 15) is 8.42 Å². The van der Waals surface area contributed by atoms with Gasteiger partial charge in [0.1, 0.15) is 0 Å². The van der Waals surface area contributed by atoms with Crippen LogP contribution < -0.4 is 5.32 Å². The SMILES string of the molecule is Cc1cc(Br)ccc1S(=O)(=O)N1CCNC(C)C1.Cl. The number of rotatable bonds is 2. The Bertz CT molecular complexity index is 551. The minimum Gasteiger partial charge on any atom is -0.312 e. The Labute approximate surface area is 129 Å². The highest BCUT2D eigenvalue weighted by Gasteiger charge is 2.29. The lowest BCUT2D eigenvalue weighted by Crippen LogP contribution is -2.51. The Morgan fingerprint density at radius 3 is 2.68 bits per heavy atom. The summed E-state index contributed by atoms with van der Waals surface area (Å²) in [5.41, 5.74) is 0.774. The van der Waals surface area contributed by atoms with Crippen LogP contribution in [-0.4, -0.2) is 38.4 Å². The summed E-state index contributed by atoms with van der Waals surface area (Å²) in [5, 5.41) is 3.25. The number of halogens is 2. The molecule has 0 amide bonds. The lowest BCUT2D eigenvalue weighted by molar-refractivity contribution is 0.310. The van der Waals surface area contributed by atoms with Crippen molar-refractivity contribution in [1.29, 1.82) is 0 Å². The zero-order valence-corrected chi connectivity index (χ0v) is 14.1. The summed E-state index contributed by atoms with van der Waals surface area (Å²) in [5.74, 6) is 0. The summed E-state index contributed by atoms with van der Waals surface area (Å²) < 4.78 is 27.6. The average molecular weight is 370 g/mol. The normalized spacial score (nSPS) is 20.9. The summed E-state index contributed by atoms with van der Waals surface area (Å²) in [4.78, 5) is 0.403. The number of hydrogen-bond donors (Lipinski definition) is 1. The molecule has 19 heavy (non-hydrogen) atoms. The second kappa shape index (κ2) is 6.54. The predicted octanol–water partition coefficient (Wildman–Crippen LogP) is 2.16. The fourth-order valence-electron chi connectivity index (χ4n) is 2.16. The van der Waals surface area contributed by atoms with Crippen molar-refractivity contribution in [2.45, 2.75) is 24.8 Å². The first-order valence-electron chi connectivity index (χ1n) is 5.91. The topological polar surface area (TPSA) is 49.4 Å². The minimum atomic E-state index is -3.37. The zero-order valence-electron chi connectivity index (χ0n) is 10.9. The third-order valence-electron chi connectivity index (χ3n) is 3.09. The molecule has 0 saturated carbocycles. The maximum Gasteiger partial charge on any atom is 0.243 e. The van der Waals surface area contributed by atoms with E-state index in [1.54, 1.807) is 16.4 Å². The van der Waals surface area contributed by atoms with E-state index in [2.05, 4.69) is 21.2 Å². The van der Waals surface area contributed by atoms with Crippen LogP contribution in [0, 0.1) is 6.92 Å². The second-order valence-electron chi connectivity index (χ2n) is 4.63. The molecule has 0 aromatic heterocycles. The molecule has 0 spiro atoms. The van der Waals surface area contributed by atoms with E-state index >= 15 is 0 Å². The summed E-state index contributed by atoms with van der Waals surface area (Å²) >= 11 is 3.35. The number of benzene rings is 1. The van der Waals surface area contributed by atoms with Gasteiger partial charge in [-0.25, -0.2) is 8.42 Å². The standard InChI is InChI=1S/C12H17BrN2O2S.ClH/c1-9-7-11(13)3-4-12(9)18(16,17)15-6-5-14-10(2)8-15;/h3-4,7,10,14H,5-6,8H2,1-2H3;1H. The smallest absolute Gasteiger partial charge is 0.243 e. The predicted molar refractivity (Wildman–Crippen MR) is 82.4 cm³/mol. The van der Waals surface area contributed by atoms with Crippen LogP contribution in [0.5, 0.6) is 0 Å². The molecule has 108 valence electrons. The van der Waals surface area contributed by atoms with E-state index in [0.717, 1.165) is 10.0 Å². The molecule has 1 aromatic rings. The van der Waals surface area contributed by atoms with Crippen molar-refractivity contribution in [1.82, 2.24) is 9.62 Å². The molecule has 1 heterocycles. The van der Waals surface area contributed by atoms with Gasteiger partial charge in [0.25, 0.3) is 0 Å². The summed E-state index contributed by atoms with van der Waals surface area (Å²) in [6.45, 7) is 5.58. The van der Waals surface area contributed by atoms with E-state index in [-0.39, 0.29) is 18.4 Å². The molecule has 1 aliphatic heterocycles. The van der Waals surface area contributed by atoms with Crippen molar-refractivity contribution >= 4 is 38.4 Å². The lowest BCUT2D eigenvalue weighted by atomic mass is 10.2. The number of nitrogens with zero attached hydrogens (tertiary/aromatic N) is 1. The molecule has 1 fully saturated rings. The molecule has 0 bridgehead atoms. The Hall–Kier alpha value is -0.140. The summed E-state index contributed by atoms with van der Waals surface area (Å²) in [6, 6.07) is 5.47. The molecule has 1 atom stereocenters. The van der Waals surface area contributed by atoms with Crippen molar-refractivity contribution in [3.05, 3.63) is 28.2 Å². The molecular formula is C12H18BrClN2O2S. The van der Waals surface area contributed by atoms with Crippen LogP contribution in [0.15, 0.2) is 27.6 Å². The summed E-state index contributed by atoms with van der Waals surface area (Å²) in [7, 11) is -3.37. The first-order valence-corrected chi connectivity index (χ1v) is 8.14. The molecule has 2 rings (SSSR count). The number of sulfonamides is 1. The van der Waals surface area contributed by atoms with E-state index in [4.69, 9.17) is 0 Å². The molecule has 1 aliphatic rings. The molecule has 1 saturated heterocycles. The highest BCUT2D eigenvalue weighted by molar-refractivity contribution is 9.10. The van der Waals surface area contributed by atoms with E-state index < -0.39 is 10.0 Å². The number of aryl methyl sites for hydroxylation is 1. The van der Waals surface area contributed by atoms with E-state index in [1.165, 1.54) is 0 Å². The third kappa shape index (κ3) is 3.70. The van der Waals surface area contributed by atoms with Gasteiger partial charge in [0.15, 0.2) is 0 Å². The van der Waals surface area contributed by atoms with E-state index in [0.29, 0.717) is 24.5 Å². The maximum atomic E-state index is 12.5. The van der Waals surface area contributed by atoms with Crippen LogP contribution in [0.1, 0.15) is 12.5 Å². The van der Waals surface area contributed by atoms with Gasteiger partial charge < -0.3 is 5.32 Å². The van der Waals surface area contributed by atoms with Gasteiger partial charge in [0, 0.05) is 30.1 Å². The van der Waals surface area contributed by atoms with Gasteiger partial charge >= 0.3 is 0 Å². The molecule has 4 nitrogen and oxygen atoms in total. The van der Waals surface area contributed by atoms with Crippen LogP contribution in [-0.2, 0) is 10.0 Å². The molecular weight excluding hydrogens is 352 g/mol. The zero-order chi connectivity index (χ0) is 13.3. The van der Waals surface area contributed by atoms with Gasteiger partial charge in [0.05, 0.1) is 4.90 Å². The average Bonchev–Trinajstić information content (AvgIpc) is 2.28. The van der Waals surface area contributed by atoms with Crippen LogP contribution in [0.3, 0.4) is 0 Å². The fraction of sp³-hybridized carbons (Fsp3) is 0.500. The Kier molecular flexibility index (Phi) is 5.82. The van der Waals surface area contributed by atoms with Crippen molar-refractivity contribution in [3.8, 4) is 0 Å². The Morgan fingerprint density at radius 1 is 1.42 bits per heavy atom. The monoisotopic (exact) mass is 368 g/mol.